The van der Waals surface area contributed by atoms with Crippen LogP contribution in [-0.4, -0.2) is 65.6 Å². The minimum Gasteiger partial charge on any atom is -0.394 e. The van der Waals surface area contributed by atoms with E-state index in [0.717, 1.165) is 0 Å². The topological polar surface area (TPSA) is 108 Å². The van der Waals surface area contributed by atoms with Crippen LogP contribution in [0.15, 0.2) is 0 Å². The fraction of sp³-hybridized carbons (Fsp3) is 0.889. The van der Waals surface area contributed by atoms with Crippen LogP contribution in [-0.2, 0) is 14.3 Å². The Bertz CT molecular complexity index is 246. The van der Waals surface area contributed by atoms with E-state index in [1.165, 1.54) is 14.0 Å². The average Bonchev–Trinajstić information content (AvgIpc) is 2.25. The third-order valence-electron chi connectivity index (χ3n) is 2.48. The van der Waals surface area contributed by atoms with Crippen molar-refractivity contribution in [1.29, 1.82) is 0 Å². The van der Waals surface area contributed by atoms with E-state index < -0.39 is 37.3 Å². The van der Waals surface area contributed by atoms with Crippen molar-refractivity contribution in [1.82, 2.24) is 5.32 Å². The molecule has 0 spiro atoms. The van der Waals surface area contributed by atoms with Gasteiger partial charge in [0.25, 0.3) is 0 Å². The normalized spacial score (nSPS) is 39.4. The van der Waals surface area contributed by atoms with Crippen molar-refractivity contribution in [2.75, 3.05) is 13.7 Å². The number of nitrogens with one attached hydrogen (secondary N) is 1. The van der Waals surface area contributed by atoms with Gasteiger partial charge >= 0.3 is 0 Å². The predicted octanol–water partition coefficient (Wildman–Crippen LogP) is -2.42. The third-order valence-corrected chi connectivity index (χ3v) is 2.48. The summed E-state index contributed by atoms with van der Waals surface area (Å²) in [6.07, 6.45) is -4.35. The van der Waals surface area contributed by atoms with Crippen molar-refractivity contribution >= 4 is 5.91 Å². The van der Waals surface area contributed by atoms with Gasteiger partial charge in [-0.2, -0.15) is 0 Å². The molecule has 1 fully saturated rings. The molecule has 0 bridgehead atoms. The van der Waals surface area contributed by atoms with Crippen LogP contribution in [0.2, 0.25) is 0 Å². The van der Waals surface area contributed by atoms with Crippen molar-refractivity contribution < 1.29 is 29.6 Å². The number of hydrogen-bond donors (Lipinski definition) is 4. The van der Waals surface area contributed by atoms with Gasteiger partial charge in [-0.15, -0.1) is 0 Å². The lowest BCUT2D eigenvalue weighted by molar-refractivity contribution is -0.262. The lowest BCUT2D eigenvalue weighted by Gasteiger charge is -2.41. The fourth-order valence-corrected chi connectivity index (χ4v) is 1.67. The third kappa shape index (κ3) is 2.69. The molecule has 1 heterocycles. The molecule has 4 N–H and O–H groups in total. The van der Waals surface area contributed by atoms with Gasteiger partial charge in [0.15, 0.2) is 6.29 Å². The molecule has 0 unspecified atom stereocenters. The number of carbonyl (C=O) groups excluding carboxylic acids is 1. The largest absolute Gasteiger partial charge is 0.394 e. The summed E-state index contributed by atoms with van der Waals surface area (Å²) >= 11 is 0. The van der Waals surface area contributed by atoms with Crippen molar-refractivity contribution in [2.24, 2.45) is 0 Å². The number of amides is 1. The van der Waals surface area contributed by atoms with Crippen LogP contribution in [0, 0.1) is 0 Å². The van der Waals surface area contributed by atoms with Gasteiger partial charge in [0.1, 0.15) is 24.4 Å². The zero-order valence-electron chi connectivity index (χ0n) is 9.16. The Morgan fingerprint density at radius 1 is 1.44 bits per heavy atom. The molecule has 1 aliphatic heterocycles. The predicted molar refractivity (Wildman–Crippen MR) is 52.4 cm³/mol. The molecule has 0 saturated carbocycles. The number of aliphatic hydroxyl groups excluding tert-OH is 3. The SMILES string of the molecule is CO[13C@H]1O[C@H](CO)[C@@H](O)[C@H](O)[C@@H]1[15NH][13C]([13CH3])=O. The molecule has 1 aliphatic rings. The summed E-state index contributed by atoms with van der Waals surface area (Å²) in [6.45, 7) is 0.842. The minimum atomic E-state index is -1.27. The highest BCUT2D eigenvalue weighted by molar-refractivity contribution is 5.73. The first-order chi connectivity index (χ1) is 7.51. The summed E-state index contributed by atoms with van der Waals surface area (Å²) in [5.41, 5.74) is 0. The number of ether oxygens (including phenoxy) is 2. The molecule has 0 radical (unpaired) electrons. The van der Waals surface area contributed by atoms with Crippen LogP contribution in [0.25, 0.3) is 0 Å². The van der Waals surface area contributed by atoms with Gasteiger partial charge in [-0.1, -0.05) is 0 Å². The summed E-state index contributed by atoms with van der Waals surface area (Å²) in [5, 5.41) is 30.7. The molecule has 7 heteroatoms. The van der Waals surface area contributed by atoms with E-state index in [4.69, 9.17) is 14.6 Å². The smallest absolute Gasteiger partial charge is 0.217 e. The van der Waals surface area contributed by atoms with Gasteiger partial charge in [-0.25, -0.2) is 0 Å². The zero-order valence-corrected chi connectivity index (χ0v) is 9.16. The van der Waals surface area contributed by atoms with Crippen molar-refractivity contribution in [2.45, 2.75) is 37.6 Å². The molecule has 0 aromatic heterocycles. The maximum Gasteiger partial charge on any atom is 0.217 e. The number of methoxy groups -OCH3 is 1. The Labute approximate surface area is 93.0 Å². The van der Waals surface area contributed by atoms with E-state index in [9.17, 15) is 15.0 Å². The Morgan fingerprint density at radius 2 is 2.06 bits per heavy atom. The van der Waals surface area contributed by atoms with E-state index in [-0.39, 0.29) is 5.91 Å². The van der Waals surface area contributed by atoms with Gasteiger partial charge in [0, 0.05) is 14.0 Å². The maximum absolute atomic E-state index is 10.9. The molecular formula is C9H17NO6. The van der Waals surface area contributed by atoms with Crippen LogP contribution in [0.3, 0.4) is 0 Å². The quantitative estimate of drug-likeness (QED) is 0.322. The highest BCUT2D eigenvalue weighted by atomic mass is 16.8. The van der Waals surface area contributed by atoms with E-state index in [2.05, 4.69) is 5.32 Å². The van der Waals surface area contributed by atoms with Crippen LogP contribution < -0.4 is 5.32 Å². The molecule has 0 aromatic rings. The molecule has 1 amide bonds. The fourth-order valence-electron chi connectivity index (χ4n) is 1.67. The lowest BCUT2D eigenvalue weighted by atomic mass is 10.0. The number of aliphatic hydroxyl groups is 3. The first-order valence-electron chi connectivity index (χ1n) is 4.93. The number of hydrogen-bond acceptors (Lipinski definition) is 6. The van der Waals surface area contributed by atoms with Gasteiger partial charge in [-0.3, -0.25) is 4.79 Å². The maximum atomic E-state index is 10.9. The highest BCUT2D eigenvalue weighted by Gasteiger charge is 2.44. The average molecular weight is 239 g/mol. The standard InChI is InChI=1S/C9H17NO6/c1-4(12)10-6-8(14)7(13)5(3-11)16-9(6)15-2/h5-9,11,13-14H,3H2,1-2H3,(H,10,12)/t5-,6+,7-,8-,9+/m1/s1/i1+1,4+1,9+1,10+1. The van der Waals surface area contributed by atoms with Crippen LogP contribution in [0.5, 0.6) is 0 Å². The Kier molecular flexibility index (Phi) is 4.63. The second-order valence-electron chi connectivity index (χ2n) is 3.67. The van der Waals surface area contributed by atoms with E-state index >= 15 is 0 Å². The molecule has 1 rings (SSSR count). The molecular weight excluding hydrogens is 222 g/mol. The lowest BCUT2D eigenvalue weighted by Crippen LogP contribution is -2.64. The zero-order chi connectivity index (χ0) is 12.3. The second kappa shape index (κ2) is 5.55. The van der Waals surface area contributed by atoms with Crippen LogP contribution >= 0.6 is 0 Å². The van der Waals surface area contributed by atoms with E-state index in [0.29, 0.717) is 0 Å². The highest BCUT2D eigenvalue weighted by Crippen LogP contribution is 2.21. The molecule has 16 heavy (non-hydrogen) atoms. The molecule has 0 aromatic carbocycles. The first kappa shape index (κ1) is 13.3. The minimum absolute atomic E-state index is 0.371. The van der Waals surface area contributed by atoms with Crippen molar-refractivity contribution in [3.8, 4) is 0 Å². The van der Waals surface area contributed by atoms with Gasteiger partial charge in [-0.05, 0) is 0 Å². The van der Waals surface area contributed by atoms with E-state index in [1.54, 1.807) is 0 Å². The van der Waals surface area contributed by atoms with Crippen molar-refractivity contribution in [3.05, 3.63) is 0 Å². The summed E-state index contributed by atoms with van der Waals surface area (Å²) in [6, 6.07) is -0.861. The summed E-state index contributed by atoms with van der Waals surface area (Å²) < 4.78 is 10.1. The first-order valence-corrected chi connectivity index (χ1v) is 4.93. The van der Waals surface area contributed by atoms with Gasteiger partial charge in [0.2, 0.25) is 5.91 Å². The Morgan fingerprint density at radius 3 is 2.50 bits per heavy atom. The Balaban J connectivity index is 2.77. The van der Waals surface area contributed by atoms with Gasteiger partial charge < -0.3 is 30.1 Å². The molecule has 0 aliphatic carbocycles. The van der Waals surface area contributed by atoms with Crippen LogP contribution in [0.1, 0.15) is 6.92 Å². The van der Waals surface area contributed by atoms with Crippen LogP contribution in [0.4, 0.5) is 0 Å². The number of carbonyl (C=O) groups is 1. The molecule has 1 saturated heterocycles. The molecule has 7 nitrogen and oxygen atoms in total. The second-order valence-corrected chi connectivity index (χ2v) is 3.67. The monoisotopic (exact) mass is 239 g/mol. The van der Waals surface area contributed by atoms with E-state index in [1.807, 2.05) is 0 Å². The molecule has 5 atom stereocenters. The Hall–Kier alpha value is -0.730. The summed E-state index contributed by atoms with van der Waals surface area (Å²) in [5.74, 6) is -0.371. The summed E-state index contributed by atoms with van der Waals surface area (Å²) in [7, 11) is 1.35. The van der Waals surface area contributed by atoms with Crippen molar-refractivity contribution in [3.63, 3.8) is 0 Å². The number of rotatable bonds is 3. The van der Waals surface area contributed by atoms with Gasteiger partial charge in [0.05, 0.1) is 6.61 Å². The summed E-state index contributed by atoms with van der Waals surface area (Å²) in [4.78, 5) is 10.9. The molecule has 94 valence electrons.